The molecule has 0 bridgehead atoms. The van der Waals surface area contributed by atoms with Crippen LogP contribution < -0.4 is 0 Å². The van der Waals surface area contributed by atoms with E-state index in [1.54, 1.807) is 11.9 Å². The van der Waals surface area contributed by atoms with Crippen LogP contribution in [-0.2, 0) is 14.2 Å². The minimum absolute atomic E-state index is 0.0807. The Labute approximate surface area is 160 Å². The van der Waals surface area contributed by atoms with Gasteiger partial charge in [0.15, 0.2) is 0 Å². The average molecular weight is 369 g/mol. The fourth-order valence-corrected chi connectivity index (χ4v) is 3.36. The van der Waals surface area contributed by atoms with Crippen LogP contribution in [-0.4, -0.2) is 57.6 Å². The quantitative estimate of drug-likeness (QED) is 0.629. The number of hydrogen-bond acceptors (Lipinski definition) is 4. The number of ether oxygens (including phenoxy) is 3. The van der Waals surface area contributed by atoms with E-state index in [4.69, 9.17) is 14.2 Å². The van der Waals surface area contributed by atoms with Crippen LogP contribution in [0.2, 0.25) is 0 Å². The zero-order valence-corrected chi connectivity index (χ0v) is 16.0. The number of nitrogens with zero attached hydrogens (tertiary/aromatic N) is 1. The maximum Gasteiger partial charge on any atom is 0.409 e. The molecule has 144 valence electrons. The largest absolute Gasteiger partial charge is 0.448 e. The summed E-state index contributed by atoms with van der Waals surface area (Å²) >= 11 is 0. The molecule has 0 aliphatic heterocycles. The van der Waals surface area contributed by atoms with Gasteiger partial charge < -0.3 is 19.1 Å². The van der Waals surface area contributed by atoms with Crippen LogP contribution in [0, 0.1) is 0 Å². The van der Waals surface area contributed by atoms with Crippen LogP contribution in [0.4, 0.5) is 4.79 Å². The van der Waals surface area contributed by atoms with E-state index in [-0.39, 0.29) is 12.0 Å². The fraction of sp³-hybridized carbons (Fsp3) is 0.409. The molecular formula is C22H27NO4. The van der Waals surface area contributed by atoms with Gasteiger partial charge in [0.25, 0.3) is 0 Å². The first-order valence-electron chi connectivity index (χ1n) is 9.44. The highest BCUT2D eigenvalue weighted by atomic mass is 16.6. The summed E-state index contributed by atoms with van der Waals surface area (Å²) in [5.41, 5.74) is 4.89. The summed E-state index contributed by atoms with van der Waals surface area (Å²) in [6.45, 7) is 5.03. The second-order valence-electron chi connectivity index (χ2n) is 6.53. The monoisotopic (exact) mass is 369 g/mol. The molecule has 27 heavy (non-hydrogen) atoms. The molecule has 1 aliphatic carbocycles. The van der Waals surface area contributed by atoms with Crippen molar-refractivity contribution in [2.75, 3.05) is 46.6 Å². The molecule has 0 fully saturated rings. The van der Waals surface area contributed by atoms with E-state index in [9.17, 15) is 4.79 Å². The van der Waals surface area contributed by atoms with Gasteiger partial charge in [-0.05, 0) is 29.2 Å². The molecule has 2 aromatic carbocycles. The van der Waals surface area contributed by atoms with Gasteiger partial charge in [0.1, 0.15) is 6.61 Å². The van der Waals surface area contributed by atoms with Crippen LogP contribution in [0.1, 0.15) is 24.0 Å². The van der Waals surface area contributed by atoms with E-state index in [1.165, 1.54) is 22.3 Å². The first-order valence-corrected chi connectivity index (χ1v) is 9.44. The number of rotatable bonds is 9. The first kappa shape index (κ1) is 19.4. The van der Waals surface area contributed by atoms with Crippen molar-refractivity contribution in [1.29, 1.82) is 0 Å². The summed E-state index contributed by atoms with van der Waals surface area (Å²) in [5.74, 6) is 0.0807. The van der Waals surface area contributed by atoms with Gasteiger partial charge in [-0.1, -0.05) is 48.5 Å². The molecule has 0 radical (unpaired) electrons. The highest BCUT2D eigenvalue weighted by Crippen LogP contribution is 2.44. The summed E-state index contributed by atoms with van der Waals surface area (Å²) in [6, 6.07) is 16.6. The van der Waals surface area contributed by atoms with E-state index in [2.05, 4.69) is 24.3 Å². The minimum atomic E-state index is -0.328. The fourth-order valence-electron chi connectivity index (χ4n) is 3.36. The topological polar surface area (TPSA) is 48.0 Å². The van der Waals surface area contributed by atoms with Gasteiger partial charge >= 0.3 is 6.09 Å². The normalized spacial score (nSPS) is 12.5. The van der Waals surface area contributed by atoms with Crippen LogP contribution in [0.15, 0.2) is 48.5 Å². The molecule has 2 aromatic rings. The van der Waals surface area contributed by atoms with Gasteiger partial charge in [0.05, 0.1) is 19.8 Å². The van der Waals surface area contributed by atoms with E-state index < -0.39 is 0 Å². The summed E-state index contributed by atoms with van der Waals surface area (Å²) in [7, 11) is 1.73. The van der Waals surface area contributed by atoms with Gasteiger partial charge in [-0.15, -0.1) is 0 Å². The van der Waals surface area contributed by atoms with Crippen molar-refractivity contribution >= 4 is 6.09 Å². The summed E-state index contributed by atoms with van der Waals surface area (Å²) in [5, 5.41) is 0. The second-order valence-corrected chi connectivity index (χ2v) is 6.53. The number of carbonyl (C=O) groups is 1. The SMILES string of the molecule is CCOCCOCCN(C)C(=O)OCC1c2ccccc2-c2ccccc21. The number of fused-ring (bicyclic) bond motifs is 3. The molecule has 3 rings (SSSR count). The number of likely N-dealkylation sites (N-methyl/N-ethyl adjacent to an activating group) is 1. The summed E-state index contributed by atoms with van der Waals surface area (Å²) < 4.78 is 16.3. The predicted octanol–water partition coefficient (Wildman–Crippen LogP) is 3.92. The van der Waals surface area contributed by atoms with Crippen molar-refractivity contribution in [2.24, 2.45) is 0 Å². The molecule has 0 saturated heterocycles. The van der Waals surface area contributed by atoms with Crippen LogP contribution in [0.3, 0.4) is 0 Å². The molecule has 0 saturated carbocycles. The van der Waals surface area contributed by atoms with Crippen molar-refractivity contribution in [3.63, 3.8) is 0 Å². The van der Waals surface area contributed by atoms with Gasteiger partial charge in [-0.25, -0.2) is 4.79 Å². The van der Waals surface area contributed by atoms with Gasteiger partial charge in [0, 0.05) is 26.1 Å². The van der Waals surface area contributed by atoms with Crippen molar-refractivity contribution in [1.82, 2.24) is 4.90 Å². The number of benzene rings is 2. The van der Waals surface area contributed by atoms with Gasteiger partial charge in [-0.2, -0.15) is 0 Å². The third-order valence-corrected chi connectivity index (χ3v) is 4.79. The zero-order valence-electron chi connectivity index (χ0n) is 16.0. The van der Waals surface area contributed by atoms with Crippen LogP contribution in [0.25, 0.3) is 11.1 Å². The Hall–Kier alpha value is -2.37. The average Bonchev–Trinajstić information content (AvgIpc) is 3.02. The molecule has 0 unspecified atom stereocenters. The van der Waals surface area contributed by atoms with E-state index in [1.807, 2.05) is 31.2 Å². The molecule has 0 aromatic heterocycles. The Kier molecular flexibility index (Phi) is 6.85. The molecule has 0 atom stereocenters. The van der Waals surface area contributed by atoms with E-state index in [0.29, 0.717) is 39.6 Å². The highest BCUT2D eigenvalue weighted by Gasteiger charge is 2.29. The van der Waals surface area contributed by atoms with Gasteiger partial charge in [0.2, 0.25) is 0 Å². The zero-order chi connectivity index (χ0) is 19.1. The lowest BCUT2D eigenvalue weighted by molar-refractivity contribution is 0.0421. The lowest BCUT2D eigenvalue weighted by Crippen LogP contribution is -2.32. The van der Waals surface area contributed by atoms with E-state index >= 15 is 0 Å². The Morgan fingerprint density at radius 2 is 1.52 bits per heavy atom. The van der Waals surface area contributed by atoms with Gasteiger partial charge in [-0.3, -0.25) is 0 Å². The number of carbonyl (C=O) groups excluding carboxylic acids is 1. The molecule has 1 amide bonds. The Balaban J connectivity index is 1.52. The van der Waals surface area contributed by atoms with Crippen molar-refractivity contribution in [3.05, 3.63) is 59.7 Å². The van der Waals surface area contributed by atoms with Crippen LogP contribution >= 0.6 is 0 Å². The Morgan fingerprint density at radius 3 is 2.15 bits per heavy atom. The number of amides is 1. The second kappa shape index (κ2) is 9.53. The lowest BCUT2D eigenvalue weighted by Gasteiger charge is -2.19. The Morgan fingerprint density at radius 1 is 0.926 bits per heavy atom. The molecule has 5 nitrogen and oxygen atoms in total. The molecule has 1 aliphatic rings. The smallest absolute Gasteiger partial charge is 0.409 e. The van der Waals surface area contributed by atoms with Crippen molar-refractivity contribution < 1.29 is 19.0 Å². The minimum Gasteiger partial charge on any atom is -0.448 e. The molecule has 0 N–H and O–H groups in total. The third kappa shape index (κ3) is 4.67. The highest BCUT2D eigenvalue weighted by molar-refractivity contribution is 5.79. The standard InChI is InChI=1S/C22H27NO4/c1-3-25-14-15-26-13-12-23(2)22(24)27-16-21-19-10-6-4-8-17(19)18-9-5-7-11-20(18)21/h4-11,21H,3,12-16H2,1-2H3. The van der Waals surface area contributed by atoms with E-state index in [0.717, 1.165) is 0 Å². The molecular weight excluding hydrogens is 342 g/mol. The van der Waals surface area contributed by atoms with Crippen molar-refractivity contribution in [3.8, 4) is 11.1 Å². The maximum absolute atomic E-state index is 12.3. The molecule has 5 heteroatoms. The first-order chi connectivity index (χ1) is 13.2. The molecule has 0 spiro atoms. The number of hydrogen-bond donors (Lipinski definition) is 0. The third-order valence-electron chi connectivity index (χ3n) is 4.79. The molecule has 0 heterocycles. The lowest BCUT2D eigenvalue weighted by atomic mass is 9.98. The van der Waals surface area contributed by atoms with Crippen LogP contribution in [0.5, 0.6) is 0 Å². The summed E-state index contributed by atoms with van der Waals surface area (Å²) in [6.07, 6.45) is -0.328. The summed E-state index contributed by atoms with van der Waals surface area (Å²) in [4.78, 5) is 13.9. The predicted molar refractivity (Wildman–Crippen MR) is 105 cm³/mol. The Bertz CT molecular complexity index is 716. The van der Waals surface area contributed by atoms with Crippen molar-refractivity contribution in [2.45, 2.75) is 12.8 Å². The maximum atomic E-state index is 12.3.